The van der Waals surface area contributed by atoms with Crippen LogP contribution in [0, 0.1) is 11.8 Å². The molecule has 6 heteroatoms. The van der Waals surface area contributed by atoms with Crippen molar-refractivity contribution < 1.29 is 4.79 Å². The van der Waals surface area contributed by atoms with E-state index in [1.54, 1.807) is 0 Å². The van der Waals surface area contributed by atoms with Crippen LogP contribution < -0.4 is 5.73 Å². The molecular weight excluding hydrogens is 381 g/mol. The lowest BCUT2D eigenvalue weighted by Gasteiger charge is -2.42. The first-order chi connectivity index (χ1) is 12.0. The van der Waals surface area contributed by atoms with E-state index in [2.05, 4.69) is 18.7 Å². The number of benzene rings is 1. The zero-order valence-corrected chi connectivity index (χ0v) is 18.2. The average molecular weight is 416 g/mol. The fourth-order valence-electron chi connectivity index (χ4n) is 4.39. The summed E-state index contributed by atoms with van der Waals surface area (Å²) >= 11 is 0. The first kappa shape index (κ1) is 24.1. The van der Waals surface area contributed by atoms with Crippen LogP contribution in [0.2, 0.25) is 0 Å². The van der Waals surface area contributed by atoms with Gasteiger partial charge in [-0.15, -0.1) is 24.8 Å². The number of amides is 1. The maximum Gasteiger partial charge on any atom is 0.227 e. The Bertz CT molecular complexity index is 563. The van der Waals surface area contributed by atoms with E-state index in [1.807, 2.05) is 29.2 Å². The van der Waals surface area contributed by atoms with Crippen LogP contribution in [0.15, 0.2) is 24.3 Å². The first-order valence-corrected chi connectivity index (χ1v) is 9.89. The molecule has 154 valence electrons. The van der Waals surface area contributed by atoms with Crippen LogP contribution in [-0.4, -0.2) is 47.9 Å². The SMILES string of the molecule is CC(C)C1CCC(N2CCN(C(=O)Cc3ccc(N)cc3)CC2)CC1.Cl.Cl. The lowest BCUT2D eigenvalue weighted by atomic mass is 9.79. The van der Waals surface area contributed by atoms with Gasteiger partial charge >= 0.3 is 0 Å². The van der Waals surface area contributed by atoms with Crippen molar-refractivity contribution in [1.82, 2.24) is 9.80 Å². The van der Waals surface area contributed by atoms with Gasteiger partial charge in [-0.1, -0.05) is 26.0 Å². The van der Waals surface area contributed by atoms with Gasteiger partial charge in [0.1, 0.15) is 0 Å². The number of nitrogen functional groups attached to an aromatic ring is 1. The number of halogens is 2. The smallest absolute Gasteiger partial charge is 0.227 e. The van der Waals surface area contributed by atoms with Gasteiger partial charge in [0.05, 0.1) is 6.42 Å². The van der Waals surface area contributed by atoms with Gasteiger partial charge in [0.15, 0.2) is 0 Å². The Labute approximate surface area is 176 Å². The molecule has 1 heterocycles. The molecule has 4 nitrogen and oxygen atoms in total. The second-order valence-corrected chi connectivity index (χ2v) is 8.15. The molecule has 27 heavy (non-hydrogen) atoms. The number of nitrogens with zero attached hydrogens (tertiary/aromatic N) is 2. The number of anilines is 1. The Balaban J connectivity index is 0.00000182. The fraction of sp³-hybridized carbons (Fsp3) is 0.667. The minimum atomic E-state index is 0. The van der Waals surface area contributed by atoms with Crippen LogP contribution in [0.3, 0.4) is 0 Å². The van der Waals surface area contributed by atoms with E-state index in [9.17, 15) is 4.79 Å². The summed E-state index contributed by atoms with van der Waals surface area (Å²) in [4.78, 5) is 17.2. The van der Waals surface area contributed by atoms with Crippen molar-refractivity contribution in [3.05, 3.63) is 29.8 Å². The highest BCUT2D eigenvalue weighted by atomic mass is 35.5. The third kappa shape index (κ3) is 6.55. The average Bonchev–Trinajstić information content (AvgIpc) is 2.64. The van der Waals surface area contributed by atoms with Crippen LogP contribution in [0.1, 0.15) is 45.1 Å². The molecular formula is C21H35Cl2N3O. The molecule has 1 aliphatic carbocycles. The molecule has 2 aliphatic rings. The number of hydrogen-bond donors (Lipinski definition) is 1. The molecule has 3 rings (SSSR count). The van der Waals surface area contributed by atoms with Gasteiger partial charge in [0.25, 0.3) is 0 Å². The number of carbonyl (C=O) groups excluding carboxylic acids is 1. The zero-order chi connectivity index (χ0) is 17.8. The van der Waals surface area contributed by atoms with Gasteiger partial charge < -0.3 is 10.6 Å². The second kappa shape index (κ2) is 11.1. The maximum atomic E-state index is 12.5. The number of piperazine rings is 1. The molecule has 1 saturated heterocycles. The molecule has 2 N–H and O–H groups in total. The molecule has 0 bridgehead atoms. The van der Waals surface area contributed by atoms with Crippen molar-refractivity contribution in [2.45, 2.75) is 52.0 Å². The van der Waals surface area contributed by atoms with Gasteiger partial charge in [-0.05, 0) is 55.2 Å². The number of carbonyl (C=O) groups is 1. The molecule has 1 aromatic rings. The Morgan fingerprint density at radius 1 is 1.00 bits per heavy atom. The van der Waals surface area contributed by atoms with E-state index in [0.29, 0.717) is 6.42 Å². The molecule has 0 spiro atoms. The molecule has 0 aromatic heterocycles. The molecule has 0 unspecified atom stereocenters. The summed E-state index contributed by atoms with van der Waals surface area (Å²) in [7, 11) is 0. The quantitative estimate of drug-likeness (QED) is 0.755. The molecule has 1 aliphatic heterocycles. The normalized spacial score (nSPS) is 23.4. The lowest BCUT2D eigenvalue weighted by Crippen LogP contribution is -2.53. The van der Waals surface area contributed by atoms with E-state index < -0.39 is 0 Å². The monoisotopic (exact) mass is 415 g/mol. The topological polar surface area (TPSA) is 49.6 Å². The van der Waals surface area contributed by atoms with Crippen LogP contribution in [-0.2, 0) is 11.2 Å². The molecule has 0 atom stereocenters. The molecule has 1 aromatic carbocycles. The summed E-state index contributed by atoms with van der Waals surface area (Å²) < 4.78 is 0. The predicted octanol–water partition coefficient (Wildman–Crippen LogP) is 4.01. The zero-order valence-electron chi connectivity index (χ0n) is 16.6. The molecule has 1 amide bonds. The van der Waals surface area contributed by atoms with Gasteiger partial charge in [-0.3, -0.25) is 9.69 Å². The van der Waals surface area contributed by atoms with Crippen LogP contribution in [0.5, 0.6) is 0 Å². The highest BCUT2D eigenvalue weighted by Gasteiger charge is 2.30. The Hall–Kier alpha value is -0.970. The largest absolute Gasteiger partial charge is 0.399 e. The van der Waals surface area contributed by atoms with E-state index in [-0.39, 0.29) is 30.7 Å². The Kier molecular flexibility index (Phi) is 9.92. The van der Waals surface area contributed by atoms with Crippen LogP contribution in [0.4, 0.5) is 5.69 Å². The van der Waals surface area contributed by atoms with Crippen molar-refractivity contribution in [2.75, 3.05) is 31.9 Å². The van der Waals surface area contributed by atoms with Crippen molar-refractivity contribution in [1.29, 1.82) is 0 Å². The Morgan fingerprint density at radius 2 is 1.56 bits per heavy atom. The lowest BCUT2D eigenvalue weighted by molar-refractivity contribution is -0.132. The number of hydrogen-bond acceptors (Lipinski definition) is 3. The Morgan fingerprint density at radius 3 is 2.07 bits per heavy atom. The van der Waals surface area contributed by atoms with Crippen molar-refractivity contribution in [3.8, 4) is 0 Å². The van der Waals surface area contributed by atoms with Gasteiger partial charge in [-0.2, -0.15) is 0 Å². The third-order valence-corrected chi connectivity index (χ3v) is 6.20. The first-order valence-electron chi connectivity index (χ1n) is 9.89. The summed E-state index contributed by atoms with van der Waals surface area (Å²) in [6, 6.07) is 8.39. The van der Waals surface area contributed by atoms with Gasteiger partial charge in [-0.25, -0.2) is 0 Å². The second-order valence-electron chi connectivity index (χ2n) is 8.15. The summed E-state index contributed by atoms with van der Waals surface area (Å²) in [5.74, 6) is 1.98. The van der Waals surface area contributed by atoms with Crippen molar-refractivity contribution >= 4 is 36.4 Å². The van der Waals surface area contributed by atoms with Crippen molar-refractivity contribution in [3.63, 3.8) is 0 Å². The number of rotatable bonds is 4. The molecule has 0 radical (unpaired) electrons. The molecule has 1 saturated carbocycles. The van der Waals surface area contributed by atoms with E-state index >= 15 is 0 Å². The van der Waals surface area contributed by atoms with E-state index in [0.717, 1.165) is 55.3 Å². The third-order valence-electron chi connectivity index (χ3n) is 6.20. The summed E-state index contributed by atoms with van der Waals surface area (Å²) in [6.07, 6.45) is 5.90. The number of nitrogens with two attached hydrogens (primary N) is 1. The summed E-state index contributed by atoms with van der Waals surface area (Å²) in [5.41, 5.74) is 7.51. The maximum absolute atomic E-state index is 12.5. The summed E-state index contributed by atoms with van der Waals surface area (Å²) in [5, 5.41) is 0. The van der Waals surface area contributed by atoms with Crippen LogP contribution >= 0.6 is 24.8 Å². The molecule has 2 fully saturated rings. The van der Waals surface area contributed by atoms with Gasteiger partial charge in [0, 0.05) is 37.9 Å². The van der Waals surface area contributed by atoms with Crippen LogP contribution in [0.25, 0.3) is 0 Å². The highest BCUT2D eigenvalue weighted by Crippen LogP contribution is 2.32. The minimum absolute atomic E-state index is 0. The van der Waals surface area contributed by atoms with E-state index in [1.165, 1.54) is 25.7 Å². The standard InChI is InChI=1S/C21H33N3O.2ClH/c1-16(2)18-5-9-20(10-6-18)23-11-13-24(14-12-23)21(25)15-17-3-7-19(22)8-4-17;;/h3-4,7-8,16,18,20H,5-6,9-15,22H2,1-2H3;2*1H. The van der Waals surface area contributed by atoms with Gasteiger partial charge in [0.2, 0.25) is 5.91 Å². The fourth-order valence-corrected chi connectivity index (χ4v) is 4.39. The van der Waals surface area contributed by atoms with E-state index in [4.69, 9.17) is 5.73 Å². The minimum Gasteiger partial charge on any atom is -0.399 e. The summed E-state index contributed by atoms with van der Waals surface area (Å²) in [6.45, 7) is 8.53. The highest BCUT2D eigenvalue weighted by molar-refractivity contribution is 5.85. The van der Waals surface area contributed by atoms with Crippen molar-refractivity contribution in [2.24, 2.45) is 11.8 Å². The predicted molar refractivity (Wildman–Crippen MR) is 118 cm³/mol.